The van der Waals surface area contributed by atoms with Crippen molar-refractivity contribution >= 4 is 60.5 Å². The van der Waals surface area contributed by atoms with Crippen LogP contribution in [-0.2, 0) is 0 Å². The predicted octanol–water partition coefficient (Wildman–Crippen LogP) is 16.0. The lowest BCUT2D eigenvalue weighted by molar-refractivity contribution is 0.670. The van der Waals surface area contributed by atoms with Gasteiger partial charge in [0.25, 0.3) is 0 Å². The van der Waals surface area contributed by atoms with Crippen LogP contribution in [0.25, 0.3) is 88.0 Å². The molecule has 0 saturated heterocycles. The summed E-state index contributed by atoms with van der Waals surface area (Å²) in [5.74, 6) is 0. The van der Waals surface area contributed by atoms with Gasteiger partial charge in [0.15, 0.2) is 0 Å². The number of furan rings is 1. The third-order valence-electron chi connectivity index (χ3n) is 11.5. The summed E-state index contributed by atoms with van der Waals surface area (Å²) in [4.78, 5) is 2.47. The highest BCUT2D eigenvalue weighted by Crippen LogP contribution is 2.51. The van der Waals surface area contributed by atoms with Gasteiger partial charge in [0.2, 0.25) is 0 Å². The van der Waals surface area contributed by atoms with Crippen molar-refractivity contribution in [2.24, 2.45) is 0 Å². The molecule has 58 heavy (non-hydrogen) atoms. The third kappa shape index (κ3) is 5.66. The number of fused-ring (bicyclic) bond motifs is 5. The molecule has 0 fully saturated rings. The second-order valence-corrected chi connectivity index (χ2v) is 14.8. The van der Waals surface area contributed by atoms with Crippen LogP contribution in [0.5, 0.6) is 0 Å². The van der Waals surface area contributed by atoms with E-state index in [9.17, 15) is 0 Å². The smallest absolute Gasteiger partial charge is 0.145 e. The topological polar surface area (TPSA) is 16.4 Å². The number of nitrogens with zero attached hydrogens (tertiary/aromatic N) is 1. The van der Waals surface area contributed by atoms with E-state index in [-0.39, 0.29) is 0 Å². The third-order valence-corrected chi connectivity index (χ3v) is 11.5. The van der Waals surface area contributed by atoms with Crippen molar-refractivity contribution in [2.45, 2.75) is 0 Å². The van der Waals surface area contributed by atoms with Gasteiger partial charge >= 0.3 is 0 Å². The number of hydrogen-bond acceptors (Lipinski definition) is 2. The lowest BCUT2D eigenvalue weighted by atomic mass is 9.91. The molecule has 0 spiro atoms. The molecule has 272 valence electrons. The van der Waals surface area contributed by atoms with E-state index in [0.717, 1.165) is 66.8 Å². The standard InChI is InChI=1S/C56H37NO/c1-2-18-39(19-3-1)43-24-8-9-25-46(43)48-26-10-13-30-51(48)57(52-31-14-11-27-49(52)47-29-16-22-40-20-6-7-23-44(40)47)53-36-35-45(42-34-33-38-17-4-5-21-41(38)37-42)56-55(53)50-28-12-15-32-54(50)58-56/h1-37H. The first-order chi connectivity index (χ1) is 28.8. The van der Waals surface area contributed by atoms with Crippen LogP contribution in [0.4, 0.5) is 17.1 Å². The van der Waals surface area contributed by atoms with Gasteiger partial charge in [-0.25, -0.2) is 0 Å². The predicted molar refractivity (Wildman–Crippen MR) is 245 cm³/mol. The van der Waals surface area contributed by atoms with E-state index in [1.165, 1.54) is 38.2 Å². The van der Waals surface area contributed by atoms with Crippen molar-refractivity contribution in [3.8, 4) is 44.5 Å². The highest BCUT2D eigenvalue weighted by molar-refractivity contribution is 6.18. The number of para-hydroxylation sites is 3. The molecule has 1 heterocycles. The second kappa shape index (κ2) is 14.1. The second-order valence-electron chi connectivity index (χ2n) is 14.8. The van der Waals surface area contributed by atoms with E-state index in [2.05, 4.69) is 229 Å². The van der Waals surface area contributed by atoms with Crippen LogP contribution in [0, 0.1) is 0 Å². The van der Waals surface area contributed by atoms with E-state index in [1.54, 1.807) is 0 Å². The summed E-state index contributed by atoms with van der Waals surface area (Å²) in [5.41, 5.74) is 14.1. The maximum atomic E-state index is 6.95. The Hall–Kier alpha value is -7.68. The minimum Gasteiger partial charge on any atom is -0.455 e. The molecule has 10 aromatic carbocycles. The van der Waals surface area contributed by atoms with Crippen molar-refractivity contribution in [1.29, 1.82) is 0 Å². The Morgan fingerprint density at radius 3 is 1.66 bits per heavy atom. The normalized spacial score (nSPS) is 11.4. The zero-order chi connectivity index (χ0) is 38.4. The van der Waals surface area contributed by atoms with Gasteiger partial charge in [-0.15, -0.1) is 0 Å². The zero-order valence-corrected chi connectivity index (χ0v) is 31.7. The maximum Gasteiger partial charge on any atom is 0.145 e. The van der Waals surface area contributed by atoms with Crippen molar-refractivity contribution in [2.75, 3.05) is 4.90 Å². The maximum absolute atomic E-state index is 6.95. The quantitative estimate of drug-likeness (QED) is 0.162. The summed E-state index contributed by atoms with van der Waals surface area (Å²) in [6.45, 7) is 0. The van der Waals surface area contributed by atoms with Gasteiger partial charge in [-0.3, -0.25) is 0 Å². The molecule has 0 N–H and O–H groups in total. The Labute approximate surface area is 337 Å². The van der Waals surface area contributed by atoms with Gasteiger partial charge in [0.1, 0.15) is 11.2 Å². The van der Waals surface area contributed by atoms with Crippen LogP contribution in [0.1, 0.15) is 0 Å². The Kier molecular flexibility index (Phi) is 8.19. The van der Waals surface area contributed by atoms with Crippen molar-refractivity contribution in [3.63, 3.8) is 0 Å². The van der Waals surface area contributed by atoms with Crippen LogP contribution in [0.3, 0.4) is 0 Å². The first-order valence-electron chi connectivity index (χ1n) is 19.8. The molecule has 0 aliphatic carbocycles. The van der Waals surface area contributed by atoms with Gasteiger partial charge in [0.05, 0.1) is 22.4 Å². The summed E-state index contributed by atoms with van der Waals surface area (Å²) in [7, 11) is 0. The average Bonchev–Trinajstić information content (AvgIpc) is 3.70. The highest BCUT2D eigenvalue weighted by atomic mass is 16.3. The van der Waals surface area contributed by atoms with Crippen molar-refractivity contribution in [1.82, 2.24) is 0 Å². The molecule has 11 rings (SSSR count). The molecule has 0 saturated carbocycles. The lowest BCUT2D eigenvalue weighted by Crippen LogP contribution is -2.13. The summed E-state index contributed by atoms with van der Waals surface area (Å²) in [6, 6.07) is 80.7. The molecule has 0 radical (unpaired) electrons. The first kappa shape index (κ1) is 33.6. The lowest BCUT2D eigenvalue weighted by Gasteiger charge is -2.31. The van der Waals surface area contributed by atoms with Gasteiger partial charge in [0, 0.05) is 22.1 Å². The molecule has 0 bridgehead atoms. The minimum absolute atomic E-state index is 0.858. The molecule has 0 unspecified atom stereocenters. The summed E-state index contributed by atoms with van der Waals surface area (Å²) >= 11 is 0. The average molecular weight is 740 g/mol. The van der Waals surface area contributed by atoms with Gasteiger partial charge in [-0.1, -0.05) is 188 Å². The van der Waals surface area contributed by atoms with Gasteiger partial charge in [-0.2, -0.15) is 0 Å². The number of benzene rings is 10. The minimum atomic E-state index is 0.858. The van der Waals surface area contributed by atoms with Crippen LogP contribution < -0.4 is 4.90 Å². The molecule has 1 aromatic heterocycles. The van der Waals surface area contributed by atoms with Gasteiger partial charge < -0.3 is 9.32 Å². The molecule has 11 aromatic rings. The van der Waals surface area contributed by atoms with Crippen molar-refractivity contribution in [3.05, 3.63) is 224 Å². The Bertz CT molecular complexity index is 3300. The Balaban J connectivity index is 1.24. The van der Waals surface area contributed by atoms with E-state index >= 15 is 0 Å². The number of rotatable bonds is 7. The molecule has 2 heteroatoms. The molecule has 2 nitrogen and oxygen atoms in total. The molecular formula is C56H37NO. The van der Waals surface area contributed by atoms with Crippen LogP contribution in [0.2, 0.25) is 0 Å². The molecule has 0 amide bonds. The summed E-state index contributed by atoms with van der Waals surface area (Å²) < 4.78 is 6.95. The van der Waals surface area contributed by atoms with Gasteiger partial charge in [-0.05, 0) is 85.8 Å². The molecule has 0 aliphatic rings. The molecular weight excluding hydrogens is 703 g/mol. The van der Waals surface area contributed by atoms with Crippen LogP contribution >= 0.6 is 0 Å². The van der Waals surface area contributed by atoms with E-state index in [4.69, 9.17) is 4.42 Å². The first-order valence-corrected chi connectivity index (χ1v) is 19.8. The zero-order valence-electron chi connectivity index (χ0n) is 31.7. The molecule has 0 atom stereocenters. The largest absolute Gasteiger partial charge is 0.455 e. The fourth-order valence-electron chi connectivity index (χ4n) is 8.81. The molecule has 0 aliphatic heterocycles. The Morgan fingerprint density at radius 2 is 0.862 bits per heavy atom. The van der Waals surface area contributed by atoms with Crippen LogP contribution in [0.15, 0.2) is 229 Å². The van der Waals surface area contributed by atoms with E-state index < -0.39 is 0 Å². The fourth-order valence-corrected chi connectivity index (χ4v) is 8.81. The van der Waals surface area contributed by atoms with Crippen molar-refractivity contribution < 1.29 is 4.42 Å². The van der Waals surface area contributed by atoms with E-state index in [1.807, 2.05) is 0 Å². The Morgan fingerprint density at radius 1 is 0.293 bits per heavy atom. The number of anilines is 3. The monoisotopic (exact) mass is 739 g/mol. The highest BCUT2D eigenvalue weighted by Gasteiger charge is 2.26. The van der Waals surface area contributed by atoms with E-state index in [0.29, 0.717) is 0 Å². The summed E-state index contributed by atoms with van der Waals surface area (Å²) in [6.07, 6.45) is 0. The summed E-state index contributed by atoms with van der Waals surface area (Å²) in [5, 5.41) is 6.98. The SMILES string of the molecule is c1ccc(-c2ccccc2-c2ccccc2N(c2ccccc2-c2cccc3ccccc23)c2ccc(-c3ccc4ccccc4c3)c3oc4ccccc4c23)cc1. The fraction of sp³-hybridized carbons (Fsp3) is 0. The van der Waals surface area contributed by atoms with Crippen LogP contribution in [-0.4, -0.2) is 0 Å². The number of hydrogen-bond donors (Lipinski definition) is 0.